The Balaban J connectivity index is 1.97. The molecule has 0 saturated carbocycles. The van der Waals surface area contributed by atoms with Gasteiger partial charge in [0.1, 0.15) is 5.75 Å². The molecule has 1 N–H and O–H groups in total. The summed E-state index contributed by atoms with van der Waals surface area (Å²) in [6.07, 6.45) is 3.31. The van der Waals surface area contributed by atoms with Gasteiger partial charge in [-0.1, -0.05) is 19.1 Å². The summed E-state index contributed by atoms with van der Waals surface area (Å²) < 4.78 is 7.59. The number of rotatable bonds is 7. The summed E-state index contributed by atoms with van der Waals surface area (Å²) in [4.78, 5) is 0. The zero-order valence-electron chi connectivity index (χ0n) is 12.6. The van der Waals surface area contributed by atoms with Crippen LogP contribution in [-0.4, -0.2) is 11.7 Å². The second kappa shape index (κ2) is 7.15. The Morgan fingerprint density at radius 3 is 2.85 bits per heavy atom. The molecule has 0 aliphatic rings. The highest BCUT2D eigenvalue weighted by Crippen LogP contribution is 2.19. The summed E-state index contributed by atoms with van der Waals surface area (Å²) >= 11 is 0. The fourth-order valence-corrected chi connectivity index (χ4v) is 2.36. The Morgan fingerprint density at radius 1 is 1.25 bits per heavy atom. The standard InChI is InChI=1S/C17H24N2O/c1-4-10-19-11-6-8-16(19)13-18-14(2)15-7-5-9-17(12-15)20-3/h5-9,11-12,14,18H,4,10,13H2,1-3H3. The van der Waals surface area contributed by atoms with Crippen molar-refractivity contribution >= 4 is 0 Å². The van der Waals surface area contributed by atoms with E-state index >= 15 is 0 Å². The monoisotopic (exact) mass is 272 g/mol. The van der Waals surface area contributed by atoms with Crippen molar-refractivity contribution < 1.29 is 4.74 Å². The third-order valence-electron chi connectivity index (χ3n) is 3.57. The number of benzene rings is 1. The lowest BCUT2D eigenvalue weighted by atomic mass is 10.1. The predicted molar refractivity (Wildman–Crippen MR) is 83.0 cm³/mol. The lowest BCUT2D eigenvalue weighted by Gasteiger charge is -2.16. The zero-order chi connectivity index (χ0) is 14.4. The van der Waals surface area contributed by atoms with Crippen LogP contribution in [0, 0.1) is 0 Å². The van der Waals surface area contributed by atoms with Gasteiger partial charge in [0.2, 0.25) is 0 Å². The first-order valence-electron chi connectivity index (χ1n) is 7.26. The molecule has 0 amide bonds. The van der Waals surface area contributed by atoms with E-state index in [1.807, 2.05) is 12.1 Å². The molecule has 2 aromatic rings. The van der Waals surface area contributed by atoms with Crippen molar-refractivity contribution in [1.29, 1.82) is 0 Å². The quantitative estimate of drug-likeness (QED) is 0.830. The first kappa shape index (κ1) is 14.7. The number of nitrogens with zero attached hydrogens (tertiary/aromatic N) is 1. The van der Waals surface area contributed by atoms with E-state index in [0.29, 0.717) is 6.04 Å². The Kier molecular flexibility index (Phi) is 5.24. The highest BCUT2D eigenvalue weighted by atomic mass is 16.5. The summed E-state index contributed by atoms with van der Waals surface area (Å²) in [6.45, 7) is 6.35. The molecule has 0 aliphatic carbocycles. The van der Waals surface area contributed by atoms with E-state index < -0.39 is 0 Å². The van der Waals surface area contributed by atoms with E-state index in [0.717, 1.165) is 25.3 Å². The minimum atomic E-state index is 0.301. The molecule has 0 saturated heterocycles. The predicted octanol–water partition coefficient (Wildman–Crippen LogP) is 3.76. The highest BCUT2D eigenvalue weighted by Gasteiger charge is 2.07. The van der Waals surface area contributed by atoms with Crippen LogP contribution < -0.4 is 10.1 Å². The summed E-state index contributed by atoms with van der Waals surface area (Å²) in [7, 11) is 1.70. The summed E-state index contributed by atoms with van der Waals surface area (Å²) in [6, 6.07) is 12.8. The third kappa shape index (κ3) is 3.64. The van der Waals surface area contributed by atoms with Crippen LogP contribution >= 0.6 is 0 Å². The van der Waals surface area contributed by atoms with Crippen LogP contribution in [0.15, 0.2) is 42.6 Å². The molecule has 20 heavy (non-hydrogen) atoms. The first-order valence-corrected chi connectivity index (χ1v) is 7.26. The molecule has 1 aromatic carbocycles. The van der Waals surface area contributed by atoms with E-state index in [1.165, 1.54) is 11.3 Å². The second-order valence-corrected chi connectivity index (χ2v) is 5.07. The van der Waals surface area contributed by atoms with E-state index in [-0.39, 0.29) is 0 Å². The number of hydrogen-bond acceptors (Lipinski definition) is 2. The smallest absolute Gasteiger partial charge is 0.119 e. The minimum absolute atomic E-state index is 0.301. The molecule has 0 radical (unpaired) electrons. The SMILES string of the molecule is CCCn1cccc1CNC(C)c1cccc(OC)c1. The third-order valence-corrected chi connectivity index (χ3v) is 3.57. The van der Waals surface area contributed by atoms with Gasteiger partial charge in [-0.15, -0.1) is 0 Å². The molecule has 0 bridgehead atoms. The van der Waals surface area contributed by atoms with E-state index in [1.54, 1.807) is 7.11 Å². The molecule has 1 heterocycles. The zero-order valence-corrected chi connectivity index (χ0v) is 12.6. The van der Waals surface area contributed by atoms with Gasteiger partial charge in [0.05, 0.1) is 7.11 Å². The second-order valence-electron chi connectivity index (χ2n) is 5.07. The molecule has 2 rings (SSSR count). The summed E-state index contributed by atoms with van der Waals surface area (Å²) in [5.74, 6) is 0.908. The van der Waals surface area contributed by atoms with Gasteiger partial charge in [0, 0.05) is 31.0 Å². The van der Waals surface area contributed by atoms with Crippen molar-refractivity contribution in [2.75, 3.05) is 7.11 Å². The largest absolute Gasteiger partial charge is 0.497 e. The fraction of sp³-hybridized carbons (Fsp3) is 0.412. The number of hydrogen-bond donors (Lipinski definition) is 1. The van der Waals surface area contributed by atoms with Gasteiger partial charge in [0.25, 0.3) is 0 Å². The topological polar surface area (TPSA) is 26.2 Å². The number of nitrogens with one attached hydrogen (secondary N) is 1. The maximum atomic E-state index is 5.27. The Labute approximate surface area is 121 Å². The molecule has 1 unspecified atom stereocenters. The van der Waals surface area contributed by atoms with Crippen molar-refractivity contribution in [1.82, 2.24) is 9.88 Å². The van der Waals surface area contributed by atoms with E-state index in [9.17, 15) is 0 Å². The summed E-state index contributed by atoms with van der Waals surface area (Å²) in [5.41, 5.74) is 2.58. The van der Waals surface area contributed by atoms with Gasteiger partial charge in [-0.05, 0) is 43.2 Å². The molecule has 0 aliphatic heterocycles. The molecular weight excluding hydrogens is 248 g/mol. The number of aryl methyl sites for hydroxylation is 1. The van der Waals surface area contributed by atoms with Crippen LogP contribution in [0.2, 0.25) is 0 Å². The number of methoxy groups -OCH3 is 1. The Hall–Kier alpha value is -1.74. The normalized spacial score (nSPS) is 12.3. The number of aromatic nitrogens is 1. The van der Waals surface area contributed by atoms with Gasteiger partial charge < -0.3 is 14.6 Å². The van der Waals surface area contributed by atoms with Gasteiger partial charge in [-0.25, -0.2) is 0 Å². The average molecular weight is 272 g/mol. The van der Waals surface area contributed by atoms with Crippen molar-refractivity contribution in [3.05, 3.63) is 53.9 Å². The average Bonchev–Trinajstić information content (AvgIpc) is 2.92. The molecule has 108 valence electrons. The summed E-state index contributed by atoms with van der Waals surface area (Å²) in [5, 5.41) is 3.58. The Bertz CT molecular complexity index is 533. The molecule has 3 heteroatoms. The van der Waals surface area contributed by atoms with Crippen LogP contribution in [0.25, 0.3) is 0 Å². The number of ether oxygens (including phenoxy) is 1. The lowest BCUT2D eigenvalue weighted by Crippen LogP contribution is -2.20. The van der Waals surface area contributed by atoms with Crippen molar-refractivity contribution in [2.24, 2.45) is 0 Å². The maximum Gasteiger partial charge on any atom is 0.119 e. The maximum absolute atomic E-state index is 5.27. The first-order chi connectivity index (χ1) is 9.74. The van der Waals surface area contributed by atoms with Crippen molar-refractivity contribution in [3.63, 3.8) is 0 Å². The van der Waals surface area contributed by atoms with Gasteiger partial charge in [0.15, 0.2) is 0 Å². The molecule has 1 aromatic heterocycles. The highest BCUT2D eigenvalue weighted by molar-refractivity contribution is 5.30. The Morgan fingerprint density at radius 2 is 2.10 bits per heavy atom. The van der Waals surface area contributed by atoms with Gasteiger partial charge in [-0.3, -0.25) is 0 Å². The minimum Gasteiger partial charge on any atom is -0.497 e. The van der Waals surface area contributed by atoms with Gasteiger partial charge >= 0.3 is 0 Å². The molecule has 0 fully saturated rings. The van der Waals surface area contributed by atoms with Crippen LogP contribution in [0.5, 0.6) is 5.75 Å². The molecule has 0 spiro atoms. The van der Waals surface area contributed by atoms with Crippen molar-refractivity contribution in [2.45, 2.75) is 39.4 Å². The van der Waals surface area contributed by atoms with Crippen LogP contribution in [0.1, 0.15) is 37.6 Å². The van der Waals surface area contributed by atoms with Crippen LogP contribution in [0.3, 0.4) is 0 Å². The fourth-order valence-electron chi connectivity index (χ4n) is 2.36. The van der Waals surface area contributed by atoms with Crippen LogP contribution in [0.4, 0.5) is 0 Å². The molecule has 1 atom stereocenters. The van der Waals surface area contributed by atoms with Crippen molar-refractivity contribution in [3.8, 4) is 5.75 Å². The van der Waals surface area contributed by atoms with Crippen LogP contribution in [-0.2, 0) is 13.1 Å². The molecule has 3 nitrogen and oxygen atoms in total. The van der Waals surface area contributed by atoms with Gasteiger partial charge in [-0.2, -0.15) is 0 Å². The van der Waals surface area contributed by atoms with E-state index in [4.69, 9.17) is 4.74 Å². The lowest BCUT2D eigenvalue weighted by molar-refractivity contribution is 0.413. The molecular formula is C17H24N2O. The van der Waals surface area contributed by atoms with E-state index in [2.05, 4.69) is 54.2 Å².